The lowest BCUT2D eigenvalue weighted by Gasteiger charge is -2.33. The molecular formula is C33H38FN3O6S. The lowest BCUT2D eigenvalue weighted by molar-refractivity contribution is -0.141. The highest BCUT2D eigenvalue weighted by Gasteiger charge is 2.32. The molecule has 0 radical (unpaired) electrons. The fourth-order valence-corrected chi connectivity index (χ4v) is 6.71. The monoisotopic (exact) mass is 623 g/mol. The number of carbonyl (C=O) groups is 2. The van der Waals surface area contributed by atoms with Crippen molar-refractivity contribution in [2.75, 3.05) is 23.9 Å². The summed E-state index contributed by atoms with van der Waals surface area (Å²) in [6.45, 7) is 0.216. The molecule has 1 saturated carbocycles. The number of hydrogen-bond acceptors (Lipinski definition) is 6. The quantitative estimate of drug-likeness (QED) is 0.293. The van der Waals surface area contributed by atoms with Crippen LogP contribution in [0.5, 0.6) is 11.5 Å². The second kappa shape index (κ2) is 14.1. The minimum atomic E-state index is -3.68. The maximum absolute atomic E-state index is 14.0. The van der Waals surface area contributed by atoms with Gasteiger partial charge in [0.15, 0.2) is 11.5 Å². The molecule has 3 aromatic carbocycles. The third-order valence-corrected chi connectivity index (χ3v) is 9.23. The van der Waals surface area contributed by atoms with Crippen molar-refractivity contribution >= 4 is 27.5 Å². The summed E-state index contributed by atoms with van der Waals surface area (Å²) in [7, 11) is -3.68. The summed E-state index contributed by atoms with van der Waals surface area (Å²) < 4.78 is 51.2. The number of ether oxygens (including phenoxy) is 2. The fourth-order valence-electron chi connectivity index (χ4n) is 5.75. The van der Waals surface area contributed by atoms with Gasteiger partial charge in [0, 0.05) is 38.0 Å². The number of nitrogens with one attached hydrogen (secondary N) is 1. The summed E-state index contributed by atoms with van der Waals surface area (Å²) in [6, 6.07) is 19.6. The van der Waals surface area contributed by atoms with Gasteiger partial charge in [-0.2, -0.15) is 0 Å². The Bertz CT molecular complexity index is 1550. The molecule has 2 amide bonds. The molecule has 11 heteroatoms. The fraction of sp³-hybridized carbons (Fsp3) is 0.394. The number of hydrogen-bond donors (Lipinski definition) is 1. The van der Waals surface area contributed by atoms with Gasteiger partial charge in [-0.15, -0.1) is 0 Å². The molecule has 9 nitrogen and oxygen atoms in total. The first-order valence-electron chi connectivity index (χ1n) is 14.9. The molecule has 0 aromatic heterocycles. The molecule has 234 valence electrons. The van der Waals surface area contributed by atoms with Crippen LogP contribution < -0.4 is 19.1 Å². The van der Waals surface area contributed by atoms with E-state index in [0.29, 0.717) is 29.2 Å². The van der Waals surface area contributed by atoms with Crippen molar-refractivity contribution in [3.63, 3.8) is 0 Å². The molecule has 1 aliphatic heterocycles. The average Bonchev–Trinajstić information content (AvgIpc) is 3.69. The summed E-state index contributed by atoms with van der Waals surface area (Å²) in [5.41, 5.74) is 2.00. The minimum absolute atomic E-state index is 0.000233. The van der Waals surface area contributed by atoms with Crippen molar-refractivity contribution in [2.24, 2.45) is 0 Å². The maximum Gasteiger partial charge on any atom is 0.243 e. The number of sulfonamides is 1. The molecule has 1 fully saturated rings. The first-order valence-corrected chi connectivity index (χ1v) is 16.8. The van der Waals surface area contributed by atoms with Gasteiger partial charge in [0.25, 0.3) is 0 Å². The molecule has 0 saturated heterocycles. The van der Waals surface area contributed by atoms with Crippen molar-refractivity contribution in [2.45, 2.75) is 63.6 Å². The Hall–Kier alpha value is -4.12. The van der Waals surface area contributed by atoms with Crippen LogP contribution in [0.4, 0.5) is 10.1 Å². The second-order valence-electron chi connectivity index (χ2n) is 11.3. The number of carbonyl (C=O) groups excluding carboxylic acids is 2. The molecule has 5 rings (SSSR count). The van der Waals surface area contributed by atoms with E-state index in [1.165, 1.54) is 16.4 Å². The predicted molar refractivity (Wildman–Crippen MR) is 165 cm³/mol. The first-order chi connectivity index (χ1) is 21.2. The van der Waals surface area contributed by atoms with Crippen molar-refractivity contribution in [1.29, 1.82) is 0 Å². The molecule has 1 N–H and O–H groups in total. The number of benzene rings is 3. The van der Waals surface area contributed by atoms with Crippen molar-refractivity contribution in [3.8, 4) is 11.5 Å². The molecule has 1 heterocycles. The highest BCUT2D eigenvalue weighted by molar-refractivity contribution is 7.92. The summed E-state index contributed by atoms with van der Waals surface area (Å²) in [5, 5.41) is 3.16. The van der Waals surface area contributed by atoms with Gasteiger partial charge in [0.2, 0.25) is 28.6 Å². The van der Waals surface area contributed by atoms with E-state index in [-0.39, 0.29) is 50.6 Å². The smallest absolute Gasteiger partial charge is 0.243 e. The van der Waals surface area contributed by atoms with Gasteiger partial charge in [-0.05, 0) is 54.7 Å². The lowest BCUT2D eigenvalue weighted by atomic mass is 10.0. The average molecular weight is 624 g/mol. The van der Waals surface area contributed by atoms with Gasteiger partial charge in [-0.1, -0.05) is 55.3 Å². The summed E-state index contributed by atoms with van der Waals surface area (Å²) in [4.78, 5) is 29.3. The standard InChI is InChI=1S/C33H38FN3O6S/c1-44(40,41)37(28-17-18-30-31(21-28)43-23-42-30)19-7-12-32(38)36(22-25-13-15-26(34)16-14-25)29(20-24-8-3-2-4-9-24)33(39)35-27-10-5-6-11-27/h2-4,8-9,13-18,21,27,29H,5-7,10-12,19-20,22-23H2,1H3,(H,35,39)/t29-/m0/s1. The number of fused-ring (bicyclic) bond motifs is 1. The largest absolute Gasteiger partial charge is 0.454 e. The number of nitrogens with zero attached hydrogens (tertiary/aromatic N) is 2. The van der Waals surface area contributed by atoms with Gasteiger partial charge in [0.1, 0.15) is 11.9 Å². The molecule has 0 spiro atoms. The van der Waals surface area contributed by atoms with Gasteiger partial charge >= 0.3 is 0 Å². The van der Waals surface area contributed by atoms with E-state index < -0.39 is 21.9 Å². The predicted octanol–water partition coefficient (Wildman–Crippen LogP) is 4.80. The molecule has 44 heavy (non-hydrogen) atoms. The Balaban J connectivity index is 1.37. The highest BCUT2D eigenvalue weighted by Crippen LogP contribution is 2.36. The number of amides is 2. The van der Waals surface area contributed by atoms with Gasteiger partial charge in [0.05, 0.1) is 11.9 Å². The number of rotatable bonds is 13. The number of halogens is 1. The molecule has 2 aliphatic rings. The zero-order valence-electron chi connectivity index (χ0n) is 24.8. The Morgan fingerprint density at radius 3 is 2.36 bits per heavy atom. The van der Waals surface area contributed by atoms with Crippen LogP contribution in [0.2, 0.25) is 0 Å². The Kier molecular flexibility index (Phi) is 10.0. The van der Waals surface area contributed by atoms with Crippen LogP contribution in [0.1, 0.15) is 49.7 Å². The van der Waals surface area contributed by atoms with Crippen molar-refractivity contribution in [1.82, 2.24) is 10.2 Å². The van der Waals surface area contributed by atoms with Crippen LogP contribution in [0.15, 0.2) is 72.8 Å². The van der Waals surface area contributed by atoms with E-state index in [4.69, 9.17) is 9.47 Å². The number of anilines is 1. The van der Waals surface area contributed by atoms with Crippen molar-refractivity contribution < 1.29 is 31.9 Å². The first kappa shape index (κ1) is 31.3. The van der Waals surface area contributed by atoms with E-state index in [1.54, 1.807) is 35.2 Å². The van der Waals surface area contributed by atoms with E-state index >= 15 is 0 Å². The van der Waals surface area contributed by atoms with Crippen LogP contribution in [0, 0.1) is 5.82 Å². The normalized spacial score (nSPS) is 15.1. The Morgan fingerprint density at radius 1 is 0.955 bits per heavy atom. The van der Waals surface area contributed by atoms with E-state index in [2.05, 4.69) is 5.32 Å². The van der Waals surface area contributed by atoms with Gasteiger partial charge in [-0.3, -0.25) is 13.9 Å². The summed E-state index contributed by atoms with van der Waals surface area (Å²) >= 11 is 0. The Labute approximate surface area is 258 Å². The zero-order valence-corrected chi connectivity index (χ0v) is 25.6. The van der Waals surface area contributed by atoms with Crippen LogP contribution in [0.3, 0.4) is 0 Å². The van der Waals surface area contributed by atoms with Crippen LogP contribution in [-0.2, 0) is 32.6 Å². The third-order valence-electron chi connectivity index (χ3n) is 8.04. The molecule has 1 atom stereocenters. The second-order valence-corrected chi connectivity index (χ2v) is 13.2. The molecule has 0 unspecified atom stereocenters. The summed E-state index contributed by atoms with van der Waals surface area (Å²) in [5.74, 6) is 0.0741. The summed E-state index contributed by atoms with van der Waals surface area (Å²) in [6.07, 6.45) is 5.53. The molecule has 1 aliphatic carbocycles. The lowest BCUT2D eigenvalue weighted by Crippen LogP contribution is -2.52. The van der Waals surface area contributed by atoms with E-state index in [9.17, 15) is 22.4 Å². The van der Waals surface area contributed by atoms with Crippen molar-refractivity contribution in [3.05, 3.63) is 89.7 Å². The molecule has 0 bridgehead atoms. The van der Waals surface area contributed by atoms with Gasteiger partial charge in [-0.25, -0.2) is 12.8 Å². The highest BCUT2D eigenvalue weighted by atomic mass is 32.2. The topological polar surface area (TPSA) is 105 Å². The van der Waals surface area contributed by atoms with Gasteiger partial charge < -0.3 is 19.7 Å². The van der Waals surface area contributed by atoms with Crippen LogP contribution >= 0.6 is 0 Å². The Morgan fingerprint density at radius 2 is 1.66 bits per heavy atom. The van der Waals surface area contributed by atoms with Crippen LogP contribution in [0.25, 0.3) is 0 Å². The minimum Gasteiger partial charge on any atom is -0.454 e. The third kappa shape index (κ3) is 8.07. The molecule has 3 aromatic rings. The SMILES string of the molecule is CS(=O)(=O)N(CCCC(=O)N(Cc1ccc(F)cc1)[C@@H](Cc1ccccc1)C(=O)NC1CCCC1)c1ccc2c(c1)OCO2. The van der Waals surface area contributed by atoms with E-state index in [0.717, 1.165) is 37.5 Å². The zero-order chi connectivity index (χ0) is 31.1. The van der Waals surface area contributed by atoms with Crippen LogP contribution in [-0.4, -0.2) is 56.8 Å². The maximum atomic E-state index is 14.0. The van der Waals surface area contributed by atoms with E-state index in [1.807, 2.05) is 30.3 Å². The molecular weight excluding hydrogens is 585 g/mol.